The number of ether oxygens (including phenoxy) is 1. The molecular weight excluding hydrogens is 242 g/mol. The molecule has 5 nitrogen and oxygen atoms in total. The molecule has 0 radical (unpaired) electrons. The number of nitrogens with zero attached hydrogens (tertiary/aromatic N) is 2. The van der Waals surface area contributed by atoms with Crippen LogP contribution >= 0.6 is 0 Å². The van der Waals surface area contributed by atoms with Gasteiger partial charge in [-0.1, -0.05) is 12.1 Å². The summed E-state index contributed by atoms with van der Waals surface area (Å²) in [4.78, 5) is 13.4. The van der Waals surface area contributed by atoms with Crippen LogP contribution in [-0.4, -0.2) is 31.1 Å². The summed E-state index contributed by atoms with van der Waals surface area (Å²) in [6.07, 6.45) is 0.363. The molecule has 1 heterocycles. The van der Waals surface area contributed by atoms with Gasteiger partial charge in [0.15, 0.2) is 0 Å². The van der Waals surface area contributed by atoms with Gasteiger partial charge in [0.1, 0.15) is 5.75 Å². The van der Waals surface area contributed by atoms with Crippen LogP contribution in [0.1, 0.15) is 23.6 Å². The fourth-order valence-corrected chi connectivity index (χ4v) is 2.27. The molecule has 1 unspecified atom stereocenters. The Morgan fingerprint density at radius 3 is 3.00 bits per heavy atom. The largest absolute Gasteiger partial charge is 0.496 e. The van der Waals surface area contributed by atoms with E-state index >= 15 is 0 Å². The molecule has 1 aromatic carbocycles. The van der Waals surface area contributed by atoms with E-state index in [0.717, 1.165) is 16.9 Å². The molecular formula is C14H17N3O2. The van der Waals surface area contributed by atoms with Gasteiger partial charge in [-0.2, -0.15) is 5.26 Å². The van der Waals surface area contributed by atoms with Crippen molar-refractivity contribution in [3.8, 4) is 11.8 Å². The second-order valence-corrected chi connectivity index (χ2v) is 4.59. The Morgan fingerprint density at radius 2 is 2.37 bits per heavy atom. The first kappa shape index (κ1) is 13.2. The van der Waals surface area contributed by atoms with Crippen molar-refractivity contribution in [1.82, 2.24) is 10.2 Å². The van der Waals surface area contributed by atoms with Gasteiger partial charge in [-0.25, -0.2) is 4.79 Å². The minimum absolute atomic E-state index is 0.0178. The van der Waals surface area contributed by atoms with Crippen molar-refractivity contribution in [2.24, 2.45) is 0 Å². The summed E-state index contributed by atoms with van der Waals surface area (Å²) in [5.41, 5.74) is 2.11. The molecule has 1 aliphatic rings. The van der Waals surface area contributed by atoms with Crippen molar-refractivity contribution >= 4 is 6.03 Å². The maximum absolute atomic E-state index is 11.8. The number of aryl methyl sites for hydroxylation is 1. The van der Waals surface area contributed by atoms with Crippen LogP contribution in [0.3, 0.4) is 0 Å². The number of methoxy groups -OCH3 is 1. The fourth-order valence-electron chi connectivity index (χ4n) is 2.27. The summed E-state index contributed by atoms with van der Waals surface area (Å²) in [6.45, 7) is 3.06. The summed E-state index contributed by atoms with van der Waals surface area (Å²) in [7, 11) is 1.64. The van der Waals surface area contributed by atoms with E-state index < -0.39 is 0 Å². The van der Waals surface area contributed by atoms with E-state index in [-0.39, 0.29) is 12.1 Å². The zero-order valence-electron chi connectivity index (χ0n) is 11.1. The van der Waals surface area contributed by atoms with E-state index in [1.54, 1.807) is 12.0 Å². The number of carbonyl (C=O) groups excluding carboxylic acids is 1. The number of benzene rings is 1. The normalized spacial score (nSPS) is 18.1. The number of nitriles is 1. The van der Waals surface area contributed by atoms with Crippen molar-refractivity contribution in [3.63, 3.8) is 0 Å². The van der Waals surface area contributed by atoms with Gasteiger partial charge in [0.05, 0.1) is 25.6 Å². The number of rotatable bonds is 4. The summed E-state index contributed by atoms with van der Waals surface area (Å²) in [5, 5.41) is 11.5. The van der Waals surface area contributed by atoms with Crippen LogP contribution < -0.4 is 10.1 Å². The third-order valence-corrected chi connectivity index (χ3v) is 3.30. The van der Waals surface area contributed by atoms with E-state index in [0.29, 0.717) is 19.5 Å². The minimum atomic E-state index is -0.103. The van der Waals surface area contributed by atoms with Crippen LogP contribution in [-0.2, 0) is 0 Å². The van der Waals surface area contributed by atoms with Crippen molar-refractivity contribution in [1.29, 1.82) is 5.26 Å². The van der Waals surface area contributed by atoms with E-state index in [1.807, 2.05) is 25.1 Å². The molecule has 1 aromatic rings. The van der Waals surface area contributed by atoms with Gasteiger partial charge in [0.2, 0.25) is 0 Å². The molecule has 19 heavy (non-hydrogen) atoms. The van der Waals surface area contributed by atoms with Crippen molar-refractivity contribution in [2.45, 2.75) is 19.4 Å². The number of carbonyl (C=O) groups is 1. The lowest BCUT2D eigenvalue weighted by atomic mass is 10.0. The lowest BCUT2D eigenvalue weighted by molar-refractivity contribution is 0.218. The first-order chi connectivity index (χ1) is 9.15. The van der Waals surface area contributed by atoms with E-state index in [1.165, 1.54) is 0 Å². The molecule has 1 N–H and O–H groups in total. The molecule has 5 heteroatoms. The number of nitrogens with one attached hydrogen (secondary N) is 1. The van der Waals surface area contributed by atoms with Gasteiger partial charge in [0.25, 0.3) is 0 Å². The molecule has 100 valence electrons. The molecule has 0 saturated carbocycles. The lowest BCUT2D eigenvalue weighted by Crippen LogP contribution is -2.28. The SMILES string of the molecule is COc1ccc(C2CN(CCC#N)C(=O)N2)cc1C. The Bertz CT molecular complexity index is 522. The number of hydrogen-bond donors (Lipinski definition) is 1. The van der Waals surface area contributed by atoms with Crippen molar-refractivity contribution in [2.75, 3.05) is 20.2 Å². The highest BCUT2D eigenvalue weighted by Crippen LogP contribution is 2.25. The molecule has 0 aliphatic carbocycles. The molecule has 1 fully saturated rings. The molecule has 1 aliphatic heterocycles. The molecule has 2 amide bonds. The third kappa shape index (κ3) is 2.79. The van der Waals surface area contributed by atoms with Gasteiger partial charge in [0, 0.05) is 13.1 Å². The van der Waals surface area contributed by atoms with E-state index in [9.17, 15) is 4.79 Å². The lowest BCUT2D eigenvalue weighted by Gasteiger charge is -2.14. The average molecular weight is 259 g/mol. The van der Waals surface area contributed by atoms with Crippen LogP contribution in [0.4, 0.5) is 4.79 Å². The quantitative estimate of drug-likeness (QED) is 0.899. The van der Waals surface area contributed by atoms with Gasteiger partial charge >= 0.3 is 6.03 Å². The van der Waals surface area contributed by atoms with Gasteiger partial charge in [-0.3, -0.25) is 0 Å². The Balaban J connectivity index is 2.10. The van der Waals surface area contributed by atoms with Gasteiger partial charge in [-0.15, -0.1) is 0 Å². The van der Waals surface area contributed by atoms with Gasteiger partial charge in [-0.05, 0) is 24.1 Å². The van der Waals surface area contributed by atoms with Crippen molar-refractivity contribution < 1.29 is 9.53 Å². The molecule has 0 aromatic heterocycles. The smallest absolute Gasteiger partial charge is 0.318 e. The predicted molar refractivity (Wildman–Crippen MR) is 70.8 cm³/mol. The van der Waals surface area contributed by atoms with Crippen LogP contribution in [0, 0.1) is 18.3 Å². The van der Waals surface area contributed by atoms with Crippen LogP contribution in [0.25, 0.3) is 0 Å². The highest BCUT2D eigenvalue weighted by molar-refractivity contribution is 5.77. The second-order valence-electron chi connectivity index (χ2n) is 4.59. The number of amides is 2. The summed E-state index contributed by atoms with van der Waals surface area (Å²) in [5.74, 6) is 0.842. The summed E-state index contributed by atoms with van der Waals surface area (Å²) in [6, 6.07) is 7.83. The zero-order valence-corrected chi connectivity index (χ0v) is 11.1. The van der Waals surface area contributed by atoms with Gasteiger partial charge < -0.3 is 15.0 Å². The monoisotopic (exact) mass is 259 g/mol. The standard InChI is InChI=1S/C14H17N3O2/c1-10-8-11(4-5-13(10)19-2)12-9-17(7-3-6-15)14(18)16-12/h4-5,8,12H,3,7,9H2,1-2H3,(H,16,18). The third-order valence-electron chi connectivity index (χ3n) is 3.30. The molecule has 2 rings (SSSR count). The Hall–Kier alpha value is -2.22. The summed E-state index contributed by atoms with van der Waals surface area (Å²) < 4.78 is 5.22. The topological polar surface area (TPSA) is 65.4 Å². The van der Waals surface area contributed by atoms with Crippen LogP contribution in [0.15, 0.2) is 18.2 Å². The Morgan fingerprint density at radius 1 is 1.58 bits per heavy atom. The number of urea groups is 1. The Kier molecular flexibility index (Phi) is 3.91. The summed E-state index contributed by atoms with van der Waals surface area (Å²) >= 11 is 0. The molecule has 0 bridgehead atoms. The first-order valence-electron chi connectivity index (χ1n) is 6.22. The molecule has 1 atom stereocenters. The van der Waals surface area contributed by atoms with Crippen molar-refractivity contribution in [3.05, 3.63) is 29.3 Å². The molecule has 1 saturated heterocycles. The Labute approximate surface area is 112 Å². The fraction of sp³-hybridized carbons (Fsp3) is 0.429. The van der Waals surface area contributed by atoms with Crippen LogP contribution in [0.5, 0.6) is 5.75 Å². The zero-order chi connectivity index (χ0) is 13.8. The van der Waals surface area contributed by atoms with E-state index in [4.69, 9.17) is 10.00 Å². The van der Waals surface area contributed by atoms with E-state index in [2.05, 4.69) is 11.4 Å². The highest BCUT2D eigenvalue weighted by Gasteiger charge is 2.29. The highest BCUT2D eigenvalue weighted by atomic mass is 16.5. The minimum Gasteiger partial charge on any atom is -0.496 e. The first-order valence-corrected chi connectivity index (χ1v) is 6.22. The average Bonchev–Trinajstić information content (AvgIpc) is 2.77. The maximum atomic E-state index is 11.8. The molecule has 0 spiro atoms. The van der Waals surface area contributed by atoms with Crippen LogP contribution in [0.2, 0.25) is 0 Å². The second kappa shape index (κ2) is 5.61. The number of hydrogen-bond acceptors (Lipinski definition) is 3. The predicted octanol–water partition coefficient (Wildman–Crippen LogP) is 1.98. The maximum Gasteiger partial charge on any atom is 0.318 e.